The molecule has 0 spiro atoms. The summed E-state index contributed by atoms with van der Waals surface area (Å²) in [7, 11) is 0. The van der Waals surface area contributed by atoms with Gasteiger partial charge in [-0.25, -0.2) is 9.59 Å². The number of tetrazole rings is 1. The number of rotatable bonds is 8. The predicted molar refractivity (Wildman–Crippen MR) is 101 cm³/mol. The molecule has 0 aliphatic heterocycles. The average molecular weight is 396 g/mol. The Kier molecular flexibility index (Phi) is 5.99. The first-order chi connectivity index (χ1) is 13.9. The minimum absolute atomic E-state index is 0.0476. The molecule has 29 heavy (non-hydrogen) atoms. The van der Waals surface area contributed by atoms with Crippen molar-refractivity contribution in [1.29, 1.82) is 0 Å². The Morgan fingerprint density at radius 2 is 1.79 bits per heavy atom. The van der Waals surface area contributed by atoms with Crippen LogP contribution < -0.4 is 4.74 Å². The first kappa shape index (κ1) is 20.2. The Labute approximate surface area is 166 Å². The Bertz CT molecular complexity index is 958. The minimum Gasteiger partial charge on any atom is -0.479 e. The van der Waals surface area contributed by atoms with Crippen LogP contribution in [0, 0.1) is 0 Å². The quantitative estimate of drug-likeness (QED) is 0.439. The van der Waals surface area contributed by atoms with Crippen LogP contribution in [-0.4, -0.2) is 43.8 Å². The number of aromatic amines is 1. The predicted octanol–water partition coefficient (Wildman–Crippen LogP) is 2.37. The summed E-state index contributed by atoms with van der Waals surface area (Å²) in [5.74, 6) is -1.39. The molecule has 150 valence electrons. The Balaban J connectivity index is 1.82. The van der Waals surface area contributed by atoms with E-state index in [0.29, 0.717) is 16.9 Å². The number of benzene rings is 2. The third-order valence-electron chi connectivity index (χ3n) is 4.09. The van der Waals surface area contributed by atoms with E-state index in [0.717, 1.165) is 0 Å². The van der Waals surface area contributed by atoms with Crippen molar-refractivity contribution in [1.82, 2.24) is 20.6 Å². The molecule has 0 bridgehead atoms. The number of ether oxygens (including phenoxy) is 2. The van der Waals surface area contributed by atoms with Gasteiger partial charge in [0.25, 0.3) is 0 Å². The van der Waals surface area contributed by atoms with Crippen LogP contribution in [0.5, 0.6) is 5.75 Å². The second-order valence-electron chi connectivity index (χ2n) is 6.61. The molecule has 0 saturated heterocycles. The van der Waals surface area contributed by atoms with E-state index >= 15 is 0 Å². The zero-order valence-corrected chi connectivity index (χ0v) is 15.9. The average Bonchev–Trinajstić information content (AvgIpc) is 3.23. The number of esters is 1. The summed E-state index contributed by atoms with van der Waals surface area (Å²) in [4.78, 5) is 24.4. The second kappa shape index (κ2) is 8.61. The van der Waals surface area contributed by atoms with Crippen molar-refractivity contribution in [2.45, 2.75) is 32.0 Å². The van der Waals surface area contributed by atoms with Crippen molar-refractivity contribution in [3.63, 3.8) is 0 Å². The molecule has 3 aromatic rings. The highest BCUT2D eigenvalue weighted by atomic mass is 16.5. The molecular formula is C20H20N4O5. The van der Waals surface area contributed by atoms with Crippen LogP contribution in [0.1, 0.15) is 35.6 Å². The van der Waals surface area contributed by atoms with Gasteiger partial charge in [0.1, 0.15) is 5.75 Å². The zero-order valence-electron chi connectivity index (χ0n) is 15.9. The summed E-state index contributed by atoms with van der Waals surface area (Å²) in [6.07, 6.45) is -0.446. The number of carboxylic acids is 1. The summed E-state index contributed by atoms with van der Waals surface area (Å²) in [6.45, 7) is 3.45. The van der Waals surface area contributed by atoms with Crippen LogP contribution in [0.4, 0.5) is 0 Å². The molecule has 1 heterocycles. The minimum atomic E-state index is -1.81. The highest BCUT2D eigenvalue weighted by molar-refractivity contribution is 5.91. The molecule has 1 unspecified atom stereocenters. The largest absolute Gasteiger partial charge is 0.479 e. The van der Waals surface area contributed by atoms with Gasteiger partial charge in [0.2, 0.25) is 11.4 Å². The number of nitrogens with one attached hydrogen (secondary N) is 1. The molecule has 0 fully saturated rings. The number of carbonyl (C=O) groups excluding carboxylic acids is 1. The van der Waals surface area contributed by atoms with Gasteiger partial charge >= 0.3 is 11.9 Å². The molecule has 2 N–H and O–H groups in total. The maximum absolute atomic E-state index is 12.3. The van der Waals surface area contributed by atoms with Gasteiger partial charge < -0.3 is 14.6 Å². The highest BCUT2D eigenvalue weighted by Gasteiger charge is 2.47. The SMILES string of the molecule is CC(C)OC(Cc1ccc(C(=O)Oc2ccccc2)cc1)(C(=O)O)c1nn[nH]n1. The van der Waals surface area contributed by atoms with Crippen LogP contribution >= 0.6 is 0 Å². The third kappa shape index (κ3) is 4.64. The van der Waals surface area contributed by atoms with Gasteiger partial charge in [0.15, 0.2) is 0 Å². The van der Waals surface area contributed by atoms with Crippen molar-refractivity contribution >= 4 is 11.9 Å². The standard InChI is InChI=1S/C20H20N4O5/c1-13(2)29-20(19(26)27,18-21-23-24-22-18)12-14-8-10-15(11-9-14)17(25)28-16-6-4-3-5-7-16/h3-11,13H,12H2,1-2H3,(H,26,27)(H,21,22,23,24). The third-order valence-corrected chi connectivity index (χ3v) is 4.09. The summed E-state index contributed by atoms with van der Waals surface area (Å²) >= 11 is 0. The lowest BCUT2D eigenvalue weighted by Gasteiger charge is -2.28. The number of hydrogen-bond acceptors (Lipinski definition) is 7. The Morgan fingerprint density at radius 1 is 1.10 bits per heavy atom. The van der Waals surface area contributed by atoms with Crippen LogP contribution in [0.2, 0.25) is 0 Å². The number of nitrogens with zero attached hydrogens (tertiary/aromatic N) is 3. The fourth-order valence-electron chi connectivity index (χ4n) is 2.83. The number of carboxylic acid groups (broad SMARTS) is 1. The van der Waals surface area contributed by atoms with Crippen molar-refractivity contribution in [3.8, 4) is 5.75 Å². The fourth-order valence-corrected chi connectivity index (χ4v) is 2.83. The molecule has 9 nitrogen and oxygen atoms in total. The van der Waals surface area contributed by atoms with Crippen LogP contribution in [0.15, 0.2) is 54.6 Å². The monoisotopic (exact) mass is 396 g/mol. The molecule has 0 aliphatic carbocycles. The topological polar surface area (TPSA) is 127 Å². The van der Waals surface area contributed by atoms with Gasteiger partial charge in [-0.2, -0.15) is 5.21 Å². The van der Waals surface area contributed by atoms with Gasteiger partial charge in [0, 0.05) is 6.42 Å². The fraction of sp³-hybridized carbons (Fsp3) is 0.250. The smallest absolute Gasteiger partial charge is 0.344 e. The van der Waals surface area contributed by atoms with E-state index in [1.165, 1.54) is 0 Å². The molecule has 0 amide bonds. The van der Waals surface area contributed by atoms with E-state index in [1.807, 2.05) is 6.07 Å². The number of aliphatic carboxylic acids is 1. The number of hydrogen-bond donors (Lipinski definition) is 2. The number of H-pyrrole nitrogens is 1. The van der Waals surface area contributed by atoms with Crippen molar-refractivity contribution in [2.24, 2.45) is 0 Å². The molecule has 0 saturated carbocycles. The van der Waals surface area contributed by atoms with E-state index in [9.17, 15) is 14.7 Å². The molecule has 3 rings (SSSR count). The van der Waals surface area contributed by atoms with E-state index in [-0.39, 0.29) is 12.2 Å². The highest BCUT2D eigenvalue weighted by Crippen LogP contribution is 2.29. The molecule has 1 atom stereocenters. The maximum Gasteiger partial charge on any atom is 0.344 e. The van der Waals surface area contributed by atoms with Crippen LogP contribution in [-0.2, 0) is 21.6 Å². The second-order valence-corrected chi connectivity index (χ2v) is 6.61. The lowest BCUT2D eigenvalue weighted by Crippen LogP contribution is -2.44. The van der Waals surface area contributed by atoms with Gasteiger partial charge in [0.05, 0.1) is 11.7 Å². The molecule has 1 aromatic heterocycles. The van der Waals surface area contributed by atoms with E-state index < -0.39 is 23.6 Å². The van der Waals surface area contributed by atoms with Crippen LogP contribution in [0.25, 0.3) is 0 Å². The number of aromatic nitrogens is 4. The lowest BCUT2D eigenvalue weighted by atomic mass is 9.92. The Hall–Kier alpha value is -3.59. The maximum atomic E-state index is 12.3. The first-order valence-electron chi connectivity index (χ1n) is 8.92. The summed E-state index contributed by atoms with van der Waals surface area (Å²) in [5.41, 5.74) is -0.857. The summed E-state index contributed by atoms with van der Waals surface area (Å²) in [6, 6.07) is 15.1. The van der Waals surface area contributed by atoms with Crippen molar-refractivity contribution in [3.05, 3.63) is 71.5 Å². The summed E-state index contributed by atoms with van der Waals surface area (Å²) in [5, 5.41) is 23.3. The van der Waals surface area contributed by atoms with E-state index in [1.54, 1.807) is 62.4 Å². The molecule has 0 aliphatic rings. The van der Waals surface area contributed by atoms with Gasteiger partial charge in [-0.3, -0.25) is 0 Å². The Morgan fingerprint density at radius 3 is 2.34 bits per heavy atom. The molecule has 9 heteroatoms. The van der Waals surface area contributed by atoms with E-state index in [2.05, 4.69) is 20.6 Å². The number of carbonyl (C=O) groups is 2. The van der Waals surface area contributed by atoms with Crippen LogP contribution in [0.3, 0.4) is 0 Å². The first-order valence-corrected chi connectivity index (χ1v) is 8.92. The number of para-hydroxylation sites is 1. The van der Waals surface area contributed by atoms with E-state index in [4.69, 9.17) is 9.47 Å². The van der Waals surface area contributed by atoms with Gasteiger partial charge in [-0.15, -0.1) is 10.2 Å². The lowest BCUT2D eigenvalue weighted by molar-refractivity contribution is -0.175. The normalized spacial score (nSPS) is 13.1. The molecule has 0 radical (unpaired) electrons. The summed E-state index contributed by atoms with van der Waals surface area (Å²) < 4.78 is 11.0. The van der Waals surface area contributed by atoms with Crippen molar-refractivity contribution < 1.29 is 24.2 Å². The molecule has 2 aromatic carbocycles. The van der Waals surface area contributed by atoms with Gasteiger partial charge in [-0.1, -0.05) is 35.5 Å². The van der Waals surface area contributed by atoms with Crippen molar-refractivity contribution in [2.75, 3.05) is 0 Å². The molecular weight excluding hydrogens is 376 g/mol. The zero-order chi connectivity index (χ0) is 20.9. The van der Waals surface area contributed by atoms with Gasteiger partial charge in [-0.05, 0) is 43.7 Å².